The van der Waals surface area contributed by atoms with Crippen LogP contribution in [0.4, 0.5) is 32.0 Å². The van der Waals surface area contributed by atoms with Crippen LogP contribution in [0.25, 0.3) is 32.2 Å². The predicted octanol–water partition coefficient (Wildman–Crippen LogP) is 5.76. The van der Waals surface area contributed by atoms with Crippen LogP contribution in [-0.2, 0) is 16.6 Å². The van der Waals surface area contributed by atoms with Crippen molar-refractivity contribution < 1.29 is 34.8 Å². The fraction of sp³-hybridized carbons (Fsp3) is 0.125. The molecule has 3 aromatic heterocycles. The molecular weight excluding hydrogens is 570 g/mol. The number of anilines is 1. The number of aryl methyl sites for hydroxylation is 1. The van der Waals surface area contributed by atoms with Crippen LogP contribution in [0, 0.1) is 24.4 Å². The van der Waals surface area contributed by atoms with Gasteiger partial charge < -0.3 is 0 Å². The van der Waals surface area contributed by atoms with Gasteiger partial charge in [-0.15, -0.1) is 11.3 Å². The van der Waals surface area contributed by atoms with Gasteiger partial charge in [-0.2, -0.15) is 13.2 Å². The average Bonchev–Trinajstić information content (AvgIpc) is 3.33. The molecule has 0 spiro atoms. The lowest BCUT2D eigenvalue weighted by atomic mass is 10.0. The summed E-state index contributed by atoms with van der Waals surface area (Å²) in [4.78, 5) is 20.2. The highest BCUT2D eigenvalue weighted by Gasteiger charge is 2.31. The molecule has 0 saturated heterocycles. The average molecular weight is 585 g/mol. The van der Waals surface area contributed by atoms with E-state index in [1.54, 1.807) is 0 Å². The van der Waals surface area contributed by atoms with Crippen molar-refractivity contribution in [1.82, 2.24) is 14.5 Å². The third-order valence-corrected chi connectivity index (χ3v) is 7.97. The van der Waals surface area contributed by atoms with Crippen LogP contribution in [0.2, 0.25) is 0 Å². The molecule has 0 atom stereocenters. The Bertz CT molecular complexity index is 1950. The van der Waals surface area contributed by atoms with Gasteiger partial charge in [0.25, 0.3) is 15.6 Å². The number of hydrogen-bond acceptors (Lipinski definition) is 6. The van der Waals surface area contributed by atoms with Gasteiger partial charge in [-0.25, -0.2) is 26.6 Å². The summed E-state index contributed by atoms with van der Waals surface area (Å²) in [5.41, 5.74) is -2.48. The van der Waals surface area contributed by atoms with E-state index < -0.39 is 67.5 Å². The number of alkyl halides is 3. The Balaban J connectivity index is 1.67. The first-order valence-electron chi connectivity index (χ1n) is 10.9. The van der Waals surface area contributed by atoms with Crippen molar-refractivity contribution >= 4 is 48.2 Å². The lowest BCUT2D eigenvalue weighted by Gasteiger charge is -2.17. The lowest BCUT2D eigenvalue weighted by Crippen LogP contribution is -2.30. The molecule has 3 heterocycles. The molecular formula is C24H14F6N4O3S2. The van der Waals surface area contributed by atoms with Gasteiger partial charge in [-0.3, -0.25) is 19.1 Å². The summed E-state index contributed by atoms with van der Waals surface area (Å²) >= 11 is 0.840. The number of thiazole rings is 1. The van der Waals surface area contributed by atoms with Crippen molar-refractivity contribution in [3.05, 3.63) is 81.6 Å². The van der Waals surface area contributed by atoms with Gasteiger partial charge in [-0.05, 0) is 43.3 Å². The van der Waals surface area contributed by atoms with E-state index in [4.69, 9.17) is 0 Å². The zero-order chi connectivity index (χ0) is 28.3. The molecule has 1 N–H and O–H groups in total. The number of hydrogen-bond donors (Lipinski definition) is 1. The van der Waals surface area contributed by atoms with Crippen molar-refractivity contribution in [3.8, 4) is 11.1 Å². The molecule has 0 bridgehead atoms. The van der Waals surface area contributed by atoms with Crippen LogP contribution in [0.15, 0.2) is 57.8 Å². The molecule has 0 fully saturated rings. The van der Waals surface area contributed by atoms with Gasteiger partial charge in [-0.1, -0.05) is 0 Å². The molecule has 0 amide bonds. The molecule has 202 valence electrons. The fourth-order valence-corrected chi connectivity index (χ4v) is 5.98. The summed E-state index contributed by atoms with van der Waals surface area (Å²) in [5.74, 6) is -4.08. The number of sulfonamides is 1. The van der Waals surface area contributed by atoms with Gasteiger partial charge in [0.05, 0.1) is 38.1 Å². The Morgan fingerprint density at radius 1 is 1.03 bits per heavy atom. The zero-order valence-electron chi connectivity index (χ0n) is 19.5. The highest BCUT2D eigenvalue weighted by molar-refractivity contribution is 7.92. The van der Waals surface area contributed by atoms with E-state index in [1.165, 1.54) is 24.6 Å². The molecule has 15 heteroatoms. The van der Waals surface area contributed by atoms with Crippen molar-refractivity contribution in [1.29, 1.82) is 0 Å². The summed E-state index contributed by atoms with van der Waals surface area (Å²) in [7, 11) is -4.78. The second-order valence-electron chi connectivity index (χ2n) is 8.42. The second kappa shape index (κ2) is 9.34. The topological polar surface area (TPSA) is 94.0 Å². The third-order valence-electron chi connectivity index (χ3n) is 5.75. The van der Waals surface area contributed by atoms with Crippen LogP contribution in [-0.4, -0.2) is 29.1 Å². The SMILES string of the molecule is Cc1cc2c(cn1)cc(-c1c(F)ccc(NS(=O)(=O)c3ccc4ncsc4c3F)c1F)c(=O)n2CC(F)(F)F. The van der Waals surface area contributed by atoms with Crippen LogP contribution >= 0.6 is 11.3 Å². The van der Waals surface area contributed by atoms with E-state index >= 15 is 4.39 Å². The minimum atomic E-state index is -4.86. The summed E-state index contributed by atoms with van der Waals surface area (Å²) < 4.78 is 113. The number of halogens is 6. The van der Waals surface area contributed by atoms with E-state index in [0.29, 0.717) is 22.4 Å². The van der Waals surface area contributed by atoms with Crippen LogP contribution in [0.3, 0.4) is 0 Å². The van der Waals surface area contributed by atoms with E-state index in [9.17, 15) is 35.2 Å². The Morgan fingerprint density at radius 3 is 2.49 bits per heavy atom. The molecule has 0 unspecified atom stereocenters. The lowest BCUT2D eigenvalue weighted by molar-refractivity contribution is -0.140. The third kappa shape index (κ3) is 4.83. The van der Waals surface area contributed by atoms with Crippen molar-refractivity contribution in [2.75, 3.05) is 4.72 Å². The summed E-state index contributed by atoms with van der Waals surface area (Å²) in [5, 5.41) is -0.0239. The number of rotatable bonds is 5. The first-order valence-corrected chi connectivity index (χ1v) is 13.2. The normalized spacial score (nSPS) is 12.4. The molecule has 0 radical (unpaired) electrons. The number of fused-ring (bicyclic) bond motifs is 2. The van der Waals surface area contributed by atoms with Crippen LogP contribution in [0.5, 0.6) is 0 Å². The molecule has 0 aliphatic rings. The van der Waals surface area contributed by atoms with Crippen molar-refractivity contribution in [3.63, 3.8) is 0 Å². The maximum Gasteiger partial charge on any atom is 0.406 e. The zero-order valence-corrected chi connectivity index (χ0v) is 21.1. The fourth-order valence-electron chi connectivity index (χ4n) is 4.05. The van der Waals surface area contributed by atoms with Crippen LogP contribution in [0.1, 0.15) is 5.69 Å². The van der Waals surface area contributed by atoms with Gasteiger partial charge in [0.15, 0.2) is 11.6 Å². The second-order valence-corrected chi connectivity index (χ2v) is 10.9. The summed E-state index contributed by atoms with van der Waals surface area (Å²) in [6.07, 6.45) is -3.72. The highest BCUT2D eigenvalue weighted by Crippen LogP contribution is 2.33. The summed E-state index contributed by atoms with van der Waals surface area (Å²) in [6.45, 7) is -0.269. The van der Waals surface area contributed by atoms with Gasteiger partial charge >= 0.3 is 6.18 Å². The number of aromatic nitrogens is 3. The van der Waals surface area contributed by atoms with E-state index in [0.717, 1.165) is 29.7 Å². The van der Waals surface area contributed by atoms with E-state index in [1.807, 2.05) is 4.72 Å². The Kier molecular flexibility index (Phi) is 6.37. The monoisotopic (exact) mass is 584 g/mol. The Hall–Kier alpha value is -3.98. The maximum absolute atomic E-state index is 15.6. The van der Waals surface area contributed by atoms with Crippen molar-refractivity contribution in [2.24, 2.45) is 0 Å². The number of benzene rings is 2. The first kappa shape index (κ1) is 26.6. The molecule has 2 aromatic carbocycles. The van der Waals surface area contributed by atoms with Crippen molar-refractivity contribution in [2.45, 2.75) is 24.5 Å². The number of pyridine rings is 2. The maximum atomic E-state index is 15.6. The van der Waals surface area contributed by atoms with E-state index in [-0.39, 0.29) is 21.1 Å². The van der Waals surface area contributed by atoms with Gasteiger partial charge in [0.1, 0.15) is 17.3 Å². The van der Waals surface area contributed by atoms with E-state index in [2.05, 4.69) is 9.97 Å². The van der Waals surface area contributed by atoms with Gasteiger partial charge in [0.2, 0.25) is 0 Å². The van der Waals surface area contributed by atoms with Crippen LogP contribution < -0.4 is 10.3 Å². The Labute approximate surface area is 219 Å². The minimum absolute atomic E-state index is 0.0239. The number of nitrogens with zero attached hydrogens (tertiary/aromatic N) is 3. The molecule has 5 rings (SSSR count). The van der Waals surface area contributed by atoms with Gasteiger partial charge in [0, 0.05) is 17.3 Å². The Morgan fingerprint density at radius 2 is 1.77 bits per heavy atom. The molecule has 0 aliphatic carbocycles. The number of nitrogens with one attached hydrogen (secondary N) is 1. The molecule has 39 heavy (non-hydrogen) atoms. The smallest absolute Gasteiger partial charge is 0.298 e. The summed E-state index contributed by atoms with van der Waals surface area (Å²) in [6, 6.07) is 5.67. The minimum Gasteiger partial charge on any atom is -0.298 e. The molecule has 0 aliphatic heterocycles. The predicted molar refractivity (Wildman–Crippen MR) is 133 cm³/mol. The quantitative estimate of drug-likeness (QED) is 0.265. The molecule has 0 saturated carbocycles. The first-order chi connectivity index (χ1) is 18.3. The largest absolute Gasteiger partial charge is 0.406 e. The molecule has 7 nitrogen and oxygen atoms in total. The standard InChI is InChI=1S/C24H14F6N4O3S2/c1-11-6-17-12(8-31-11)7-13(23(35)34(17)9-24(28,29)30)19-14(25)2-3-15(20(19)26)33-39(36,37)18-5-4-16-22(21(18)27)38-10-32-16/h2-8,10,33H,9H2,1H3. The highest BCUT2D eigenvalue weighted by atomic mass is 32.2. The molecule has 5 aromatic rings.